The van der Waals surface area contributed by atoms with Crippen LogP contribution in [0, 0.1) is 20.8 Å². The maximum Gasteiger partial charge on any atom is -0.147 e. The Kier molecular flexibility index (Phi) is 15.6. The summed E-state index contributed by atoms with van der Waals surface area (Å²) in [5, 5.41) is 19.1. The molecule has 0 amide bonds. The van der Waals surface area contributed by atoms with E-state index in [-0.39, 0.29) is 35.6 Å². The van der Waals surface area contributed by atoms with Crippen molar-refractivity contribution in [2.75, 3.05) is 0 Å². The minimum atomic E-state index is 0. The zero-order valence-corrected chi connectivity index (χ0v) is 25.8. The Balaban J connectivity index is 0. The van der Waals surface area contributed by atoms with Crippen LogP contribution in [0.15, 0.2) is 48.5 Å². The molecular formula is C28H40Cl2O2STi. The number of benzene rings is 2. The molecule has 1 aromatic heterocycles. The van der Waals surface area contributed by atoms with Crippen molar-refractivity contribution in [1.29, 1.82) is 0 Å². The van der Waals surface area contributed by atoms with E-state index in [0.717, 1.165) is 11.1 Å². The second kappa shape index (κ2) is 15.1. The maximum absolute atomic E-state index is 9.57. The Labute approximate surface area is 234 Å². The van der Waals surface area contributed by atoms with Crippen molar-refractivity contribution in [3.05, 3.63) is 80.5 Å². The number of aromatic hydroxyl groups is 2. The number of phenols is 2. The zero-order valence-electron chi connectivity index (χ0n) is 21.8. The summed E-state index contributed by atoms with van der Waals surface area (Å²) in [4.78, 5) is 2.75. The van der Waals surface area contributed by atoms with E-state index in [1.165, 1.54) is 20.9 Å². The van der Waals surface area contributed by atoms with Crippen LogP contribution >= 0.6 is 36.2 Å². The van der Waals surface area contributed by atoms with Gasteiger partial charge in [0.1, 0.15) is 11.5 Å². The molecule has 0 aliphatic heterocycles. The summed E-state index contributed by atoms with van der Waals surface area (Å²) < 4.78 is 2.12. The topological polar surface area (TPSA) is 40.5 Å². The van der Waals surface area contributed by atoms with Gasteiger partial charge in [-0.05, 0) is 47.9 Å². The van der Waals surface area contributed by atoms with E-state index < -0.39 is 0 Å². The summed E-state index contributed by atoms with van der Waals surface area (Å²) in [6.45, 7) is 18.8. The first-order chi connectivity index (χ1) is 14.6. The Morgan fingerprint density at radius 1 is 0.676 bits per heavy atom. The maximum atomic E-state index is 9.57. The van der Waals surface area contributed by atoms with Crippen LogP contribution in [0.25, 0.3) is 0 Å². The molecule has 2 nitrogen and oxygen atoms in total. The van der Waals surface area contributed by atoms with Gasteiger partial charge in [-0.15, -0.1) is 24.8 Å². The fourth-order valence-corrected chi connectivity index (χ4v) is 4.16. The van der Waals surface area contributed by atoms with Crippen molar-refractivity contribution in [2.45, 2.75) is 73.1 Å². The smallest absolute Gasteiger partial charge is 0.147 e. The molecule has 0 unspecified atom stereocenters. The van der Waals surface area contributed by atoms with Gasteiger partial charge in [-0.2, -0.15) is 0 Å². The Bertz CT molecular complexity index is 970. The first-order valence-electron chi connectivity index (χ1n) is 10.8. The molecule has 188 valence electrons. The first-order valence-corrected chi connectivity index (χ1v) is 12.5. The van der Waals surface area contributed by atoms with E-state index >= 15 is 0 Å². The van der Waals surface area contributed by atoms with Gasteiger partial charge in [0, 0.05) is 0 Å². The van der Waals surface area contributed by atoms with Gasteiger partial charge in [0.05, 0.1) is 0 Å². The Morgan fingerprint density at radius 2 is 1.06 bits per heavy atom. The Morgan fingerprint density at radius 3 is 1.26 bits per heavy atom. The van der Waals surface area contributed by atoms with Crippen LogP contribution in [0.1, 0.15) is 73.6 Å². The van der Waals surface area contributed by atoms with E-state index in [4.69, 9.17) is 0 Å². The predicted octanol–water partition coefficient (Wildman–Crippen LogP) is 8.59. The second-order valence-corrected chi connectivity index (χ2v) is 11.9. The molecular weight excluding hydrogens is 519 g/mol. The van der Waals surface area contributed by atoms with Crippen LogP contribution in [-0.4, -0.2) is 14.5 Å². The number of hydrogen-bond donors (Lipinski definition) is 2. The summed E-state index contributed by atoms with van der Waals surface area (Å²) in [6, 6.07) is 15.7. The Hall–Kier alpha value is -1.10. The van der Waals surface area contributed by atoms with Crippen molar-refractivity contribution >= 4 is 40.5 Å². The minimum absolute atomic E-state index is 0. The molecule has 3 rings (SSSR count). The summed E-state index contributed by atoms with van der Waals surface area (Å²) in [6.07, 6.45) is 0. The fraction of sp³-hybridized carbons (Fsp3) is 0.393. The van der Waals surface area contributed by atoms with E-state index in [0.29, 0.717) is 11.5 Å². The molecule has 0 spiro atoms. The molecule has 0 saturated heterocycles. The third-order valence-corrected chi connectivity index (χ3v) is 6.58. The van der Waals surface area contributed by atoms with Crippen molar-refractivity contribution in [3.63, 3.8) is 0 Å². The molecule has 0 radical (unpaired) electrons. The number of halogens is 2. The van der Waals surface area contributed by atoms with Gasteiger partial charge in [-0.1, -0.05) is 76.9 Å². The van der Waals surface area contributed by atoms with Crippen LogP contribution in [0.5, 0.6) is 11.5 Å². The number of thiophene rings is 1. The van der Waals surface area contributed by atoms with Crippen molar-refractivity contribution in [3.8, 4) is 11.5 Å². The monoisotopic (exact) mass is 558 g/mol. The van der Waals surface area contributed by atoms with Gasteiger partial charge >= 0.3 is 64.4 Å². The third kappa shape index (κ3) is 12.0. The van der Waals surface area contributed by atoms with E-state index in [1.807, 2.05) is 49.4 Å². The van der Waals surface area contributed by atoms with Crippen molar-refractivity contribution in [2.24, 2.45) is 0 Å². The predicted molar refractivity (Wildman–Crippen MR) is 152 cm³/mol. The molecule has 2 N–H and O–H groups in total. The van der Waals surface area contributed by atoms with Gasteiger partial charge in [0.2, 0.25) is 0 Å². The third-order valence-electron chi connectivity index (χ3n) is 4.82. The quantitative estimate of drug-likeness (QED) is 0.293. The summed E-state index contributed by atoms with van der Waals surface area (Å²) in [7, 11) is 0. The molecule has 34 heavy (non-hydrogen) atoms. The van der Waals surface area contributed by atoms with Crippen LogP contribution in [0.4, 0.5) is 0 Å². The van der Waals surface area contributed by atoms with Gasteiger partial charge in [-0.3, -0.25) is 0 Å². The van der Waals surface area contributed by atoms with Crippen LogP contribution in [0.2, 0.25) is 0 Å². The van der Waals surface area contributed by atoms with Crippen LogP contribution < -0.4 is 0 Å². The van der Waals surface area contributed by atoms with E-state index in [1.54, 1.807) is 12.1 Å². The van der Waals surface area contributed by atoms with Gasteiger partial charge in [0.15, 0.2) is 0 Å². The average Bonchev–Trinajstić information content (AvgIpc) is 3.10. The summed E-state index contributed by atoms with van der Waals surface area (Å²) >= 11 is 3.89. The van der Waals surface area contributed by atoms with Gasteiger partial charge in [0.25, 0.3) is 0 Å². The van der Waals surface area contributed by atoms with E-state index in [2.05, 4.69) is 84.9 Å². The molecule has 3 aromatic rings. The summed E-state index contributed by atoms with van der Waals surface area (Å²) in [5.41, 5.74) is 4.46. The molecule has 0 saturated carbocycles. The molecule has 0 fully saturated rings. The molecule has 2 aromatic carbocycles. The van der Waals surface area contributed by atoms with Crippen LogP contribution in [-0.2, 0) is 30.8 Å². The zero-order chi connectivity index (χ0) is 24.7. The molecule has 0 bridgehead atoms. The SMILES string of the molecule is Cc1ccc(O)c(C(C)(C)C)c1.Cc1ccc(O)c(C(C)(C)C)c1.Cc1ccc([CH]=[Ti])s1.Cl.Cl. The molecule has 6 heteroatoms. The second-order valence-electron chi connectivity index (χ2n) is 10.1. The van der Waals surface area contributed by atoms with Crippen molar-refractivity contribution in [1.82, 2.24) is 0 Å². The van der Waals surface area contributed by atoms with Gasteiger partial charge < -0.3 is 10.2 Å². The summed E-state index contributed by atoms with van der Waals surface area (Å²) in [5.74, 6) is 0.793. The van der Waals surface area contributed by atoms with Gasteiger partial charge in [-0.25, -0.2) is 0 Å². The number of hydrogen-bond acceptors (Lipinski definition) is 3. The largest absolute Gasteiger partial charge is 0.147 e. The van der Waals surface area contributed by atoms with Crippen LogP contribution in [0.3, 0.4) is 0 Å². The number of aryl methyl sites for hydroxylation is 3. The fourth-order valence-electron chi connectivity index (χ4n) is 3.03. The standard InChI is InChI=1S/2C11H16O.C6H6S.2ClH.Ti/c2*1-8-5-6-10(12)9(7-8)11(2,3)4;1-5-3-4-6(2)7-5;;;/h2*5-7,12H,1-4H3;1,3-4H,2H3;2*1H;. The first kappa shape index (κ1) is 35.1. The molecule has 0 aliphatic rings. The molecule has 1 heterocycles. The molecule has 0 aliphatic carbocycles. The number of phenolic OH excluding ortho intramolecular Hbond substituents is 2. The average molecular weight is 559 g/mol. The number of rotatable bonds is 1. The normalized spacial score (nSPS) is 10.4. The minimum Gasteiger partial charge on any atom is -0.147 e. The van der Waals surface area contributed by atoms with Crippen molar-refractivity contribution < 1.29 is 30.2 Å². The molecule has 0 atom stereocenters. The van der Waals surface area contributed by atoms with E-state index in [9.17, 15) is 10.2 Å².